The van der Waals surface area contributed by atoms with Crippen LogP contribution >= 0.6 is 23.4 Å². The maximum Gasteiger partial charge on any atom is 0.332 e. The maximum atomic E-state index is 12.6. The van der Waals surface area contributed by atoms with E-state index in [1.54, 1.807) is 43.8 Å². The Bertz CT molecular complexity index is 1190. The van der Waals surface area contributed by atoms with Crippen molar-refractivity contribution in [3.8, 4) is 0 Å². The first-order valence-electron chi connectivity index (χ1n) is 8.60. The topological polar surface area (TPSA) is 90.9 Å². The third-order valence-electron chi connectivity index (χ3n) is 4.51. The van der Waals surface area contributed by atoms with Crippen LogP contribution in [0, 0.1) is 6.92 Å². The van der Waals surface area contributed by atoms with Crippen LogP contribution in [0.15, 0.2) is 32.9 Å². The number of carbonyl (C=O) groups excluding carboxylic acids is 1. The molecule has 1 N–H and O–H groups in total. The highest BCUT2D eigenvalue weighted by Gasteiger charge is 2.19. The molecule has 2 aromatic heterocycles. The number of rotatable bonds is 5. The monoisotopic (exact) mass is 421 g/mol. The minimum Gasteiger partial charge on any atom is -0.325 e. The lowest BCUT2D eigenvalue weighted by molar-refractivity contribution is -0.113. The summed E-state index contributed by atoms with van der Waals surface area (Å²) >= 11 is 7.26. The average molecular weight is 422 g/mol. The molecule has 2 heterocycles. The molecule has 1 aromatic carbocycles. The van der Waals surface area contributed by atoms with Crippen molar-refractivity contribution in [2.45, 2.75) is 25.5 Å². The minimum absolute atomic E-state index is 0.0963. The molecule has 0 aliphatic heterocycles. The van der Waals surface area contributed by atoms with E-state index in [2.05, 4.69) is 10.3 Å². The molecule has 1 amide bonds. The number of nitrogens with one attached hydrogen (secondary N) is 1. The minimum atomic E-state index is -0.413. The number of nitrogens with zero attached hydrogens (tertiary/aromatic N) is 4. The molecular formula is C18H20ClN5O3S. The zero-order chi connectivity index (χ0) is 20.6. The molecule has 0 aliphatic carbocycles. The molecule has 0 radical (unpaired) electrons. The second-order valence-electron chi connectivity index (χ2n) is 6.27. The van der Waals surface area contributed by atoms with Crippen LogP contribution in [-0.4, -0.2) is 30.3 Å². The number of fused-ring (bicyclic) bond motifs is 1. The molecule has 0 spiro atoms. The fraction of sp³-hybridized carbons (Fsp3) is 0.333. The van der Waals surface area contributed by atoms with E-state index in [-0.39, 0.29) is 23.8 Å². The molecule has 0 bridgehead atoms. The number of benzene rings is 1. The Balaban J connectivity index is 1.86. The number of aromatic nitrogens is 4. The van der Waals surface area contributed by atoms with Crippen molar-refractivity contribution in [3.05, 3.63) is 49.6 Å². The summed E-state index contributed by atoms with van der Waals surface area (Å²) in [5.41, 5.74) is 1.27. The second kappa shape index (κ2) is 7.84. The Morgan fingerprint density at radius 3 is 2.64 bits per heavy atom. The fourth-order valence-corrected chi connectivity index (χ4v) is 3.83. The molecule has 8 nitrogen and oxygen atoms in total. The molecule has 3 aromatic rings. The van der Waals surface area contributed by atoms with E-state index in [4.69, 9.17) is 11.6 Å². The average Bonchev–Trinajstić information content (AvgIpc) is 2.99. The van der Waals surface area contributed by atoms with E-state index in [0.717, 1.165) is 10.1 Å². The number of halogens is 1. The lowest BCUT2D eigenvalue weighted by Gasteiger charge is -2.09. The van der Waals surface area contributed by atoms with E-state index in [0.29, 0.717) is 27.0 Å². The van der Waals surface area contributed by atoms with Crippen molar-refractivity contribution in [2.24, 2.45) is 14.1 Å². The quantitative estimate of drug-likeness (QED) is 0.637. The Kier molecular flexibility index (Phi) is 5.66. The van der Waals surface area contributed by atoms with Crippen LogP contribution in [0.4, 0.5) is 5.69 Å². The van der Waals surface area contributed by atoms with Crippen molar-refractivity contribution in [1.82, 2.24) is 18.7 Å². The molecule has 3 rings (SSSR count). The number of anilines is 1. The summed E-state index contributed by atoms with van der Waals surface area (Å²) in [5.74, 6) is -0.124. The first-order chi connectivity index (χ1) is 13.3. The van der Waals surface area contributed by atoms with Gasteiger partial charge in [0.05, 0.1) is 5.75 Å². The SMILES string of the molecule is CCn1c(=O)c2c(nc(SCC(=O)Nc3cccc(Cl)c3C)n2C)n(C)c1=O. The molecule has 0 aliphatic rings. The van der Waals surface area contributed by atoms with Gasteiger partial charge in [-0.15, -0.1) is 0 Å². The Morgan fingerprint density at radius 1 is 1.25 bits per heavy atom. The summed E-state index contributed by atoms with van der Waals surface area (Å²) < 4.78 is 4.12. The van der Waals surface area contributed by atoms with Crippen molar-refractivity contribution in [1.29, 1.82) is 0 Å². The van der Waals surface area contributed by atoms with Gasteiger partial charge < -0.3 is 9.88 Å². The molecule has 148 valence electrons. The van der Waals surface area contributed by atoms with Gasteiger partial charge in [0.15, 0.2) is 16.3 Å². The van der Waals surface area contributed by atoms with Crippen LogP contribution in [0.1, 0.15) is 12.5 Å². The highest BCUT2D eigenvalue weighted by Crippen LogP contribution is 2.24. The molecule has 0 fully saturated rings. The number of hydrogen-bond donors (Lipinski definition) is 1. The standard InChI is InChI=1S/C18H20ClN5O3S/c1-5-24-16(26)14-15(23(4)18(24)27)21-17(22(14)3)28-9-13(25)20-12-8-6-7-11(19)10(12)2/h6-8H,5,9H2,1-4H3,(H,20,25). The number of hydrogen-bond acceptors (Lipinski definition) is 5. The van der Waals surface area contributed by atoms with Gasteiger partial charge in [0.1, 0.15) is 0 Å². The van der Waals surface area contributed by atoms with E-state index in [1.807, 2.05) is 6.92 Å². The van der Waals surface area contributed by atoms with Gasteiger partial charge in [-0.05, 0) is 31.5 Å². The number of carbonyl (C=O) groups is 1. The Morgan fingerprint density at radius 2 is 1.96 bits per heavy atom. The second-order valence-corrected chi connectivity index (χ2v) is 7.62. The van der Waals surface area contributed by atoms with Gasteiger partial charge in [-0.3, -0.25) is 18.7 Å². The molecule has 28 heavy (non-hydrogen) atoms. The number of amides is 1. The molecule has 0 saturated heterocycles. The smallest absolute Gasteiger partial charge is 0.325 e. The van der Waals surface area contributed by atoms with Crippen molar-refractivity contribution >= 4 is 46.1 Å². The molecule has 10 heteroatoms. The van der Waals surface area contributed by atoms with Crippen LogP contribution < -0.4 is 16.6 Å². The predicted octanol–water partition coefficient (Wildman–Crippen LogP) is 2.15. The van der Waals surface area contributed by atoms with Gasteiger partial charge >= 0.3 is 5.69 Å². The van der Waals surface area contributed by atoms with Crippen LogP contribution in [0.5, 0.6) is 0 Å². The normalized spacial score (nSPS) is 11.2. The van der Waals surface area contributed by atoms with Crippen LogP contribution in [0.2, 0.25) is 5.02 Å². The number of thioether (sulfide) groups is 1. The highest BCUT2D eigenvalue weighted by atomic mass is 35.5. The fourth-order valence-electron chi connectivity index (χ4n) is 2.89. The summed E-state index contributed by atoms with van der Waals surface area (Å²) in [6, 6.07) is 5.30. The predicted molar refractivity (Wildman–Crippen MR) is 111 cm³/mol. The number of imidazole rings is 1. The summed E-state index contributed by atoms with van der Waals surface area (Å²) in [7, 11) is 3.27. The van der Waals surface area contributed by atoms with Crippen molar-refractivity contribution in [2.75, 3.05) is 11.1 Å². The Labute approximate surface area is 170 Å². The molecule has 0 atom stereocenters. The van der Waals surface area contributed by atoms with E-state index in [1.165, 1.54) is 16.3 Å². The molecule has 0 saturated carbocycles. The van der Waals surface area contributed by atoms with Crippen LogP contribution in [0.3, 0.4) is 0 Å². The van der Waals surface area contributed by atoms with Crippen LogP contribution in [-0.2, 0) is 25.4 Å². The molecular weight excluding hydrogens is 402 g/mol. The van der Waals surface area contributed by atoms with Gasteiger partial charge in [-0.2, -0.15) is 0 Å². The van der Waals surface area contributed by atoms with Gasteiger partial charge in [0.2, 0.25) is 5.91 Å². The number of aryl methyl sites for hydroxylation is 2. The van der Waals surface area contributed by atoms with Crippen molar-refractivity contribution < 1.29 is 4.79 Å². The summed E-state index contributed by atoms with van der Waals surface area (Å²) in [6.07, 6.45) is 0. The van der Waals surface area contributed by atoms with Gasteiger partial charge in [-0.25, -0.2) is 9.78 Å². The zero-order valence-corrected chi connectivity index (χ0v) is 17.5. The third-order valence-corrected chi connectivity index (χ3v) is 5.95. The molecule has 0 unspecified atom stereocenters. The van der Waals surface area contributed by atoms with Crippen LogP contribution in [0.25, 0.3) is 11.2 Å². The summed E-state index contributed by atoms with van der Waals surface area (Å²) in [5, 5.41) is 3.88. The van der Waals surface area contributed by atoms with E-state index >= 15 is 0 Å². The third kappa shape index (κ3) is 3.47. The summed E-state index contributed by atoms with van der Waals surface area (Å²) in [6.45, 7) is 3.84. The largest absolute Gasteiger partial charge is 0.332 e. The van der Waals surface area contributed by atoms with E-state index < -0.39 is 5.69 Å². The summed E-state index contributed by atoms with van der Waals surface area (Å²) in [4.78, 5) is 41.6. The van der Waals surface area contributed by atoms with Crippen molar-refractivity contribution in [3.63, 3.8) is 0 Å². The lowest BCUT2D eigenvalue weighted by atomic mass is 10.2. The maximum absolute atomic E-state index is 12.6. The first kappa shape index (κ1) is 20.2. The Hall–Kier alpha value is -2.52. The first-order valence-corrected chi connectivity index (χ1v) is 9.96. The van der Waals surface area contributed by atoms with Gasteiger partial charge in [-0.1, -0.05) is 29.4 Å². The van der Waals surface area contributed by atoms with Gasteiger partial charge in [0.25, 0.3) is 5.56 Å². The highest BCUT2D eigenvalue weighted by molar-refractivity contribution is 7.99. The lowest BCUT2D eigenvalue weighted by Crippen LogP contribution is -2.39. The van der Waals surface area contributed by atoms with Gasteiger partial charge in [0, 0.05) is 31.4 Å². The zero-order valence-electron chi connectivity index (χ0n) is 15.9. The van der Waals surface area contributed by atoms with E-state index in [9.17, 15) is 14.4 Å².